The third-order valence-corrected chi connectivity index (χ3v) is 2.88. The van der Waals surface area contributed by atoms with Crippen molar-refractivity contribution in [3.63, 3.8) is 0 Å². The second-order valence-electron chi connectivity index (χ2n) is 4.52. The van der Waals surface area contributed by atoms with Crippen molar-refractivity contribution >= 4 is 17.3 Å². The standard InChI is InChI=1S/C15H15N3O4/c16-15(19)10-22-14-7-2-1-4-11(14)9-17-12-5-3-6-13(8-12)18(20)21/h1-8,17H,9-10H2,(H2,16,19). The van der Waals surface area contributed by atoms with Gasteiger partial charge in [-0.3, -0.25) is 14.9 Å². The van der Waals surface area contributed by atoms with Crippen molar-refractivity contribution in [1.29, 1.82) is 0 Å². The first kappa shape index (κ1) is 15.3. The molecule has 0 saturated heterocycles. The van der Waals surface area contributed by atoms with Crippen LogP contribution in [0.3, 0.4) is 0 Å². The first-order valence-corrected chi connectivity index (χ1v) is 6.53. The van der Waals surface area contributed by atoms with Gasteiger partial charge in [0.2, 0.25) is 0 Å². The van der Waals surface area contributed by atoms with E-state index in [0.717, 1.165) is 5.56 Å². The molecule has 3 N–H and O–H groups in total. The summed E-state index contributed by atoms with van der Waals surface area (Å²) in [5.74, 6) is -0.0133. The Balaban J connectivity index is 2.06. The van der Waals surface area contributed by atoms with E-state index in [0.29, 0.717) is 18.0 Å². The van der Waals surface area contributed by atoms with E-state index in [1.165, 1.54) is 12.1 Å². The highest BCUT2D eigenvalue weighted by Crippen LogP contribution is 2.21. The van der Waals surface area contributed by atoms with Crippen LogP contribution in [0.25, 0.3) is 0 Å². The van der Waals surface area contributed by atoms with Gasteiger partial charge in [-0.15, -0.1) is 0 Å². The third-order valence-electron chi connectivity index (χ3n) is 2.88. The van der Waals surface area contributed by atoms with Crippen LogP contribution in [-0.2, 0) is 11.3 Å². The molecule has 0 aromatic heterocycles. The molecule has 22 heavy (non-hydrogen) atoms. The molecule has 7 nitrogen and oxygen atoms in total. The number of nitrogens with two attached hydrogens (primary N) is 1. The lowest BCUT2D eigenvalue weighted by atomic mass is 10.2. The Morgan fingerprint density at radius 1 is 1.23 bits per heavy atom. The number of benzene rings is 2. The van der Waals surface area contributed by atoms with Crippen molar-refractivity contribution in [2.45, 2.75) is 6.54 Å². The van der Waals surface area contributed by atoms with Crippen LogP contribution in [0.4, 0.5) is 11.4 Å². The first-order valence-electron chi connectivity index (χ1n) is 6.53. The maximum absolute atomic E-state index is 10.8. The van der Waals surface area contributed by atoms with Gasteiger partial charge in [0.05, 0.1) is 4.92 Å². The van der Waals surface area contributed by atoms with Crippen molar-refractivity contribution in [1.82, 2.24) is 0 Å². The van der Waals surface area contributed by atoms with Gasteiger partial charge in [0.1, 0.15) is 5.75 Å². The predicted octanol–water partition coefficient (Wildman–Crippen LogP) is 2.07. The van der Waals surface area contributed by atoms with Crippen LogP contribution in [0, 0.1) is 10.1 Å². The van der Waals surface area contributed by atoms with Gasteiger partial charge >= 0.3 is 0 Å². The Bertz CT molecular complexity index is 688. The SMILES string of the molecule is NC(=O)COc1ccccc1CNc1cccc([N+](=O)[O-])c1. The minimum absolute atomic E-state index is 0.0169. The van der Waals surface area contributed by atoms with E-state index in [1.807, 2.05) is 12.1 Å². The molecule has 0 fully saturated rings. The van der Waals surface area contributed by atoms with Crippen molar-refractivity contribution in [2.24, 2.45) is 5.73 Å². The topological polar surface area (TPSA) is 107 Å². The fraction of sp³-hybridized carbons (Fsp3) is 0.133. The maximum atomic E-state index is 10.8. The van der Waals surface area contributed by atoms with Gasteiger partial charge < -0.3 is 15.8 Å². The second kappa shape index (κ2) is 7.07. The van der Waals surface area contributed by atoms with E-state index < -0.39 is 10.8 Å². The molecule has 0 unspecified atom stereocenters. The lowest BCUT2D eigenvalue weighted by Crippen LogP contribution is -2.20. The van der Waals surface area contributed by atoms with E-state index >= 15 is 0 Å². The van der Waals surface area contributed by atoms with E-state index in [4.69, 9.17) is 10.5 Å². The molecule has 0 saturated carbocycles. The van der Waals surface area contributed by atoms with Crippen LogP contribution in [0.1, 0.15) is 5.56 Å². The second-order valence-corrected chi connectivity index (χ2v) is 4.52. The number of primary amides is 1. The number of para-hydroxylation sites is 1. The lowest BCUT2D eigenvalue weighted by molar-refractivity contribution is -0.384. The number of amides is 1. The van der Waals surface area contributed by atoms with E-state index in [-0.39, 0.29) is 12.3 Å². The van der Waals surface area contributed by atoms with Gasteiger partial charge in [-0.1, -0.05) is 24.3 Å². The molecule has 2 aromatic rings. The highest BCUT2D eigenvalue weighted by molar-refractivity contribution is 5.75. The number of carbonyl (C=O) groups is 1. The molecule has 0 radical (unpaired) electrons. The number of nitrogens with one attached hydrogen (secondary N) is 1. The number of nitrogens with zero attached hydrogens (tertiary/aromatic N) is 1. The highest BCUT2D eigenvalue weighted by Gasteiger charge is 2.07. The van der Waals surface area contributed by atoms with Crippen molar-refractivity contribution in [3.8, 4) is 5.75 Å². The summed E-state index contributed by atoms with van der Waals surface area (Å²) in [7, 11) is 0. The zero-order chi connectivity index (χ0) is 15.9. The number of nitro groups is 1. The zero-order valence-corrected chi connectivity index (χ0v) is 11.7. The number of anilines is 1. The average molecular weight is 301 g/mol. The largest absolute Gasteiger partial charge is 0.483 e. The Labute approximate surface area is 126 Å². The number of carbonyl (C=O) groups excluding carboxylic acids is 1. The predicted molar refractivity (Wildman–Crippen MR) is 81.6 cm³/mol. The summed E-state index contributed by atoms with van der Waals surface area (Å²) in [4.78, 5) is 21.1. The minimum Gasteiger partial charge on any atom is -0.483 e. The minimum atomic E-state index is -0.554. The molecule has 0 atom stereocenters. The smallest absolute Gasteiger partial charge is 0.271 e. The molecule has 7 heteroatoms. The summed E-state index contributed by atoms with van der Waals surface area (Å²) in [6.45, 7) is 0.198. The van der Waals surface area contributed by atoms with Crippen molar-refractivity contribution < 1.29 is 14.5 Å². The Kier molecular flexibility index (Phi) is 4.92. The summed E-state index contributed by atoms with van der Waals surface area (Å²) in [5, 5.41) is 13.8. The highest BCUT2D eigenvalue weighted by atomic mass is 16.6. The third kappa shape index (κ3) is 4.20. The summed E-state index contributed by atoms with van der Waals surface area (Å²) in [6, 6.07) is 13.4. The monoisotopic (exact) mass is 301 g/mol. The van der Waals surface area contributed by atoms with Gasteiger partial charge in [0, 0.05) is 29.9 Å². The van der Waals surface area contributed by atoms with Crippen LogP contribution in [-0.4, -0.2) is 17.4 Å². The molecule has 0 aliphatic rings. The molecule has 0 heterocycles. The van der Waals surface area contributed by atoms with Gasteiger partial charge in [0.25, 0.3) is 11.6 Å². The van der Waals surface area contributed by atoms with E-state index in [2.05, 4.69) is 5.32 Å². The molecule has 1 amide bonds. The molecular formula is C15H15N3O4. The maximum Gasteiger partial charge on any atom is 0.271 e. The van der Waals surface area contributed by atoms with Crippen molar-refractivity contribution in [2.75, 3.05) is 11.9 Å². The number of hydrogen-bond donors (Lipinski definition) is 2. The summed E-state index contributed by atoms with van der Waals surface area (Å²) in [5.41, 5.74) is 6.51. The van der Waals surface area contributed by atoms with Crippen LogP contribution in [0.2, 0.25) is 0 Å². The number of ether oxygens (including phenoxy) is 1. The Morgan fingerprint density at radius 2 is 2.00 bits per heavy atom. The van der Waals surface area contributed by atoms with Gasteiger partial charge in [-0.2, -0.15) is 0 Å². The van der Waals surface area contributed by atoms with Crippen molar-refractivity contribution in [3.05, 3.63) is 64.2 Å². The van der Waals surface area contributed by atoms with Crippen LogP contribution < -0.4 is 15.8 Å². The molecule has 0 bridgehead atoms. The molecule has 0 aliphatic heterocycles. The van der Waals surface area contributed by atoms with Crippen LogP contribution in [0.15, 0.2) is 48.5 Å². The zero-order valence-electron chi connectivity index (χ0n) is 11.7. The first-order chi connectivity index (χ1) is 10.6. The average Bonchev–Trinajstić information content (AvgIpc) is 2.52. The Hall–Kier alpha value is -3.09. The number of rotatable bonds is 7. The van der Waals surface area contributed by atoms with E-state index in [9.17, 15) is 14.9 Å². The molecule has 0 aliphatic carbocycles. The molecule has 0 spiro atoms. The summed E-state index contributed by atoms with van der Waals surface area (Å²) in [6.07, 6.45) is 0. The van der Waals surface area contributed by atoms with E-state index in [1.54, 1.807) is 24.3 Å². The van der Waals surface area contributed by atoms with Crippen LogP contribution in [0.5, 0.6) is 5.75 Å². The number of nitro benzene ring substituents is 1. The molecule has 114 valence electrons. The van der Waals surface area contributed by atoms with Gasteiger partial charge in [-0.05, 0) is 12.1 Å². The molecular weight excluding hydrogens is 286 g/mol. The number of hydrogen-bond acceptors (Lipinski definition) is 5. The quantitative estimate of drug-likeness (QED) is 0.601. The lowest BCUT2D eigenvalue weighted by Gasteiger charge is -2.11. The number of non-ortho nitro benzene ring substituents is 1. The summed E-state index contributed by atoms with van der Waals surface area (Å²) >= 11 is 0. The fourth-order valence-corrected chi connectivity index (χ4v) is 1.87. The van der Waals surface area contributed by atoms with Gasteiger partial charge in [-0.25, -0.2) is 0 Å². The fourth-order valence-electron chi connectivity index (χ4n) is 1.87. The summed E-state index contributed by atoms with van der Waals surface area (Å²) < 4.78 is 5.33. The Morgan fingerprint density at radius 3 is 2.73 bits per heavy atom. The van der Waals surface area contributed by atoms with Crippen LogP contribution >= 0.6 is 0 Å². The molecule has 2 rings (SSSR count). The molecule has 2 aromatic carbocycles. The van der Waals surface area contributed by atoms with Gasteiger partial charge in [0.15, 0.2) is 6.61 Å². The normalized spacial score (nSPS) is 10.0.